The molecule has 0 radical (unpaired) electrons. The normalized spacial score (nSPS) is 10.8. The molecule has 2 rings (SSSR count). The Hall–Kier alpha value is -3.02. The summed E-state index contributed by atoms with van der Waals surface area (Å²) in [6, 6.07) is 14.0. The molecule has 0 fully saturated rings. The molecule has 0 atom stereocenters. The zero-order valence-electron chi connectivity index (χ0n) is 15.5. The molecular formula is C20H24N2O4. The molecule has 0 aliphatic carbocycles. The standard InChI is InChI=1S/C20H24N2O4/c1-5-26-16-11-9-14(10-12-16)21-18(23)20(2,3)19(24)22-15-7-6-8-17(13-15)25-4/h6-13H,5H2,1-4H3,(H,21,23)(H,22,24). The predicted molar refractivity (Wildman–Crippen MR) is 102 cm³/mol. The fourth-order valence-corrected chi connectivity index (χ4v) is 2.18. The molecule has 26 heavy (non-hydrogen) atoms. The van der Waals surface area contributed by atoms with E-state index in [-0.39, 0.29) is 0 Å². The number of anilines is 2. The third-order valence-electron chi connectivity index (χ3n) is 3.89. The quantitative estimate of drug-likeness (QED) is 0.742. The summed E-state index contributed by atoms with van der Waals surface area (Å²) in [4.78, 5) is 25.1. The van der Waals surface area contributed by atoms with Gasteiger partial charge in [-0.2, -0.15) is 0 Å². The van der Waals surface area contributed by atoms with E-state index < -0.39 is 17.2 Å². The number of amides is 2. The number of carbonyl (C=O) groups excluding carboxylic acids is 2. The molecule has 0 bridgehead atoms. The summed E-state index contributed by atoms with van der Waals surface area (Å²) in [5.74, 6) is 0.538. The van der Waals surface area contributed by atoms with Gasteiger partial charge in [-0.05, 0) is 57.2 Å². The Morgan fingerprint density at radius 3 is 2.12 bits per heavy atom. The summed E-state index contributed by atoms with van der Waals surface area (Å²) < 4.78 is 10.5. The maximum absolute atomic E-state index is 12.6. The smallest absolute Gasteiger partial charge is 0.239 e. The van der Waals surface area contributed by atoms with E-state index >= 15 is 0 Å². The molecule has 0 heterocycles. The van der Waals surface area contributed by atoms with E-state index in [2.05, 4.69) is 10.6 Å². The zero-order valence-corrected chi connectivity index (χ0v) is 15.5. The monoisotopic (exact) mass is 356 g/mol. The van der Waals surface area contributed by atoms with Crippen LogP contribution in [0.3, 0.4) is 0 Å². The summed E-state index contributed by atoms with van der Waals surface area (Å²) in [6.07, 6.45) is 0. The molecule has 2 amide bonds. The van der Waals surface area contributed by atoms with Gasteiger partial charge in [-0.15, -0.1) is 0 Å². The fourth-order valence-electron chi connectivity index (χ4n) is 2.18. The molecule has 0 saturated heterocycles. The number of hydrogen-bond donors (Lipinski definition) is 2. The lowest BCUT2D eigenvalue weighted by atomic mass is 9.90. The van der Waals surface area contributed by atoms with Crippen molar-refractivity contribution in [2.24, 2.45) is 5.41 Å². The van der Waals surface area contributed by atoms with Gasteiger partial charge in [0, 0.05) is 17.4 Å². The van der Waals surface area contributed by atoms with Crippen molar-refractivity contribution in [3.63, 3.8) is 0 Å². The lowest BCUT2D eigenvalue weighted by molar-refractivity contribution is -0.135. The molecule has 6 nitrogen and oxygen atoms in total. The molecule has 6 heteroatoms. The Bertz CT molecular complexity index is 770. The predicted octanol–water partition coefficient (Wildman–Crippen LogP) is 3.70. The average molecular weight is 356 g/mol. The van der Waals surface area contributed by atoms with Crippen LogP contribution in [0.25, 0.3) is 0 Å². The highest BCUT2D eigenvalue weighted by molar-refractivity contribution is 6.14. The van der Waals surface area contributed by atoms with Crippen LogP contribution in [0.5, 0.6) is 11.5 Å². The number of benzene rings is 2. The molecular weight excluding hydrogens is 332 g/mol. The highest BCUT2D eigenvalue weighted by atomic mass is 16.5. The third kappa shape index (κ3) is 4.75. The SMILES string of the molecule is CCOc1ccc(NC(=O)C(C)(C)C(=O)Nc2cccc(OC)c2)cc1. The van der Waals surface area contributed by atoms with Gasteiger partial charge in [0.15, 0.2) is 0 Å². The number of methoxy groups -OCH3 is 1. The van der Waals surface area contributed by atoms with Crippen LogP contribution in [-0.2, 0) is 9.59 Å². The Morgan fingerprint density at radius 1 is 0.923 bits per heavy atom. The van der Waals surface area contributed by atoms with Crippen molar-refractivity contribution >= 4 is 23.2 Å². The van der Waals surface area contributed by atoms with Gasteiger partial charge in [-0.3, -0.25) is 9.59 Å². The molecule has 0 spiro atoms. The van der Waals surface area contributed by atoms with Crippen LogP contribution in [0.1, 0.15) is 20.8 Å². The first-order valence-corrected chi connectivity index (χ1v) is 8.36. The van der Waals surface area contributed by atoms with E-state index in [0.29, 0.717) is 23.7 Å². The van der Waals surface area contributed by atoms with Gasteiger partial charge in [-0.1, -0.05) is 6.07 Å². The highest BCUT2D eigenvalue weighted by Gasteiger charge is 2.36. The fraction of sp³-hybridized carbons (Fsp3) is 0.300. The van der Waals surface area contributed by atoms with Crippen LogP contribution in [-0.4, -0.2) is 25.5 Å². The van der Waals surface area contributed by atoms with Gasteiger partial charge in [0.1, 0.15) is 16.9 Å². The van der Waals surface area contributed by atoms with Crippen molar-refractivity contribution in [1.82, 2.24) is 0 Å². The van der Waals surface area contributed by atoms with Crippen LogP contribution in [0.15, 0.2) is 48.5 Å². The number of rotatable bonds is 7. The van der Waals surface area contributed by atoms with Crippen LogP contribution >= 0.6 is 0 Å². The zero-order chi connectivity index (χ0) is 19.2. The summed E-state index contributed by atoms with van der Waals surface area (Å²) in [6.45, 7) is 5.63. The highest BCUT2D eigenvalue weighted by Crippen LogP contribution is 2.24. The molecule has 0 unspecified atom stereocenters. The van der Waals surface area contributed by atoms with E-state index in [9.17, 15) is 9.59 Å². The first kappa shape index (κ1) is 19.3. The summed E-state index contributed by atoms with van der Waals surface area (Å²) in [5.41, 5.74) is -0.0983. The van der Waals surface area contributed by atoms with Crippen molar-refractivity contribution < 1.29 is 19.1 Å². The lowest BCUT2D eigenvalue weighted by Crippen LogP contribution is -2.41. The van der Waals surface area contributed by atoms with Crippen LogP contribution in [0.4, 0.5) is 11.4 Å². The van der Waals surface area contributed by atoms with E-state index in [1.165, 1.54) is 0 Å². The Morgan fingerprint density at radius 2 is 1.54 bits per heavy atom. The molecule has 138 valence electrons. The van der Waals surface area contributed by atoms with Crippen molar-refractivity contribution in [3.05, 3.63) is 48.5 Å². The first-order chi connectivity index (χ1) is 12.4. The minimum absolute atomic E-state index is 0.401. The Labute approximate surface area is 153 Å². The maximum Gasteiger partial charge on any atom is 0.239 e. The van der Waals surface area contributed by atoms with Crippen molar-refractivity contribution in [2.45, 2.75) is 20.8 Å². The van der Waals surface area contributed by atoms with Crippen LogP contribution < -0.4 is 20.1 Å². The second kappa shape index (κ2) is 8.38. The number of carbonyl (C=O) groups is 2. The second-order valence-corrected chi connectivity index (χ2v) is 6.22. The Kier molecular flexibility index (Phi) is 6.22. The van der Waals surface area contributed by atoms with Gasteiger partial charge in [0.25, 0.3) is 0 Å². The van der Waals surface area contributed by atoms with E-state index in [1.54, 1.807) is 69.5 Å². The summed E-state index contributed by atoms with van der Waals surface area (Å²) in [5, 5.41) is 5.51. The molecule has 0 aliphatic heterocycles. The summed E-state index contributed by atoms with van der Waals surface area (Å²) >= 11 is 0. The Balaban J connectivity index is 2.04. The molecule has 2 N–H and O–H groups in total. The molecule has 2 aromatic carbocycles. The topological polar surface area (TPSA) is 76.7 Å². The maximum atomic E-state index is 12.6. The number of ether oxygens (including phenoxy) is 2. The minimum atomic E-state index is -1.26. The van der Waals surface area contributed by atoms with E-state index in [1.807, 2.05) is 6.92 Å². The average Bonchev–Trinajstić information content (AvgIpc) is 2.63. The van der Waals surface area contributed by atoms with Gasteiger partial charge < -0.3 is 20.1 Å². The van der Waals surface area contributed by atoms with E-state index in [4.69, 9.17) is 9.47 Å². The van der Waals surface area contributed by atoms with Crippen LogP contribution in [0, 0.1) is 5.41 Å². The summed E-state index contributed by atoms with van der Waals surface area (Å²) in [7, 11) is 1.55. The van der Waals surface area contributed by atoms with Crippen molar-refractivity contribution in [3.8, 4) is 11.5 Å². The van der Waals surface area contributed by atoms with Gasteiger partial charge in [-0.25, -0.2) is 0 Å². The molecule has 0 aliphatic rings. The third-order valence-corrected chi connectivity index (χ3v) is 3.89. The van der Waals surface area contributed by atoms with Crippen LogP contribution in [0.2, 0.25) is 0 Å². The molecule has 0 saturated carbocycles. The van der Waals surface area contributed by atoms with Crippen molar-refractivity contribution in [1.29, 1.82) is 0 Å². The molecule has 2 aromatic rings. The van der Waals surface area contributed by atoms with Gasteiger partial charge in [0.2, 0.25) is 11.8 Å². The molecule has 0 aromatic heterocycles. The lowest BCUT2D eigenvalue weighted by Gasteiger charge is -2.23. The minimum Gasteiger partial charge on any atom is -0.497 e. The van der Waals surface area contributed by atoms with E-state index in [0.717, 1.165) is 5.75 Å². The largest absolute Gasteiger partial charge is 0.497 e. The van der Waals surface area contributed by atoms with Crippen molar-refractivity contribution in [2.75, 3.05) is 24.4 Å². The number of nitrogens with one attached hydrogen (secondary N) is 2. The second-order valence-electron chi connectivity index (χ2n) is 6.22. The first-order valence-electron chi connectivity index (χ1n) is 8.36. The number of hydrogen-bond acceptors (Lipinski definition) is 4. The van der Waals surface area contributed by atoms with Gasteiger partial charge >= 0.3 is 0 Å². The van der Waals surface area contributed by atoms with Gasteiger partial charge in [0.05, 0.1) is 13.7 Å².